The third kappa shape index (κ3) is 6.28. The second kappa shape index (κ2) is 11.6. The highest BCUT2D eigenvalue weighted by atomic mass is 35.5. The molecule has 0 aliphatic carbocycles. The van der Waals surface area contributed by atoms with Gasteiger partial charge in [0.25, 0.3) is 5.91 Å². The van der Waals surface area contributed by atoms with E-state index >= 15 is 0 Å². The van der Waals surface area contributed by atoms with Crippen LogP contribution >= 0.6 is 11.6 Å². The molecule has 42 heavy (non-hydrogen) atoms. The minimum atomic E-state index is -1.95. The predicted molar refractivity (Wildman–Crippen MR) is 157 cm³/mol. The highest BCUT2D eigenvalue weighted by molar-refractivity contribution is 6.74. The average molecular weight is 616 g/mol. The fourth-order valence-corrected chi connectivity index (χ4v) is 5.89. The summed E-state index contributed by atoms with van der Waals surface area (Å²) in [5.41, 5.74) is 0.280. The molecule has 1 aromatic carbocycles. The maximum Gasteiger partial charge on any atom is 0.268 e. The summed E-state index contributed by atoms with van der Waals surface area (Å²) in [5.74, 6) is -1.35. The number of hydrogen-bond acceptors (Lipinski definition) is 8. The number of carbonyl (C=O) groups excluding carboxylic acids is 1. The summed E-state index contributed by atoms with van der Waals surface area (Å²) in [6, 6.07) is 6.87. The number of likely N-dealkylation sites (tertiary alicyclic amines) is 1. The Kier molecular flexibility index (Phi) is 8.29. The Morgan fingerprint density at radius 2 is 1.90 bits per heavy atom. The van der Waals surface area contributed by atoms with Gasteiger partial charge in [0.15, 0.2) is 20.1 Å². The van der Waals surface area contributed by atoms with Crippen molar-refractivity contribution in [3.05, 3.63) is 65.7 Å². The third-order valence-corrected chi connectivity index (χ3v) is 12.5. The lowest BCUT2D eigenvalue weighted by Gasteiger charge is -2.46. The largest absolute Gasteiger partial charge is 0.462 e. The molecule has 1 N–H and O–H groups in total. The van der Waals surface area contributed by atoms with Crippen LogP contribution in [0.4, 0.5) is 14.6 Å². The zero-order valence-electron chi connectivity index (χ0n) is 23.9. The molecule has 1 fully saturated rings. The van der Waals surface area contributed by atoms with E-state index in [1.165, 1.54) is 41.5 Å². The lowest BCUT2D eigenvalue weighted by atomic mass is 10.1. The number of amides is 1. The lowest BCUT2D eigenvalue weighted by Crippen LogP contribution is -2.60. The standard InChI is InChI=1S/C28H32ClF2N7O3Si/c1-28(2,3)42(4,5)41-18-13-37(14-18)15-22(26(39)36-23-10-9-17(30)11-32-23)40-27-19-12-35-38(25(19)33-16-34-27)24-20(29)7-6-8-21(24)31/h6-12,16,18,22H,13-15H2,1-5H3,(H,32,36,39). The topological polar surface area (TPSA) is 107 Å². The number of ether oxygens (including phenoxy) is 1. The third-order valence-electron chi connectivity index (χ3n) is 7.62. The van der Waals surface area contributed by atoms with Crippen LogP contribution in [0.25, 0.3) is 16.7 Å². The summed E-state index contributed by atoms with van der Waals surface area (Å²) in [5, 5.41) is 7.54. The number of aromatic nitrogens is 5. The highest BCUT2D eigenvalue weighted by Crippen LogP contribution is 2.38. The van der Waals surface area contributed by atoms with Crippen molar-refractivity contribution in [1.29, 1.82) is 0 Å². The van der Waals surface area contributed by atoms with E-state index in [1.807, 2.05) is 0 Å². The highest BCUT2D eigenvalue weighted by Gasteiger charge is 2.42. The van der Waals surface area contributed by atoms with Gasteiger partial charge < -0.3 is 14.5 Å². The summed E-state index contributed by atoms with van der Waals surface area (Å²) in [7, 11) is -1.95. The Hall–Kier alpha value is -3.52. The molecule has 0 spiro atoms. The van der Waals surface area contributed by atoms with Gasteiger partial charge in [-0.2, -0.15) is 5.10 Å². The van der Waals surface area contributed by atoms with Crippen LogP contribution in [0.1, 0.15) is 20.8 Å². The molecule has 1 atom stereocenters. The molecule has 1 amide bonds. The van der Waals surface area contributed by atoms with E-state index in [1.54, 1.807) is 6.07 Å². The Labute approximate surface area is 248 Å². The van der Waals surface area contributed by atoms with Gasteiger partial charge in [0.05, 0.1) is 23.5 Å². The number of pyridine rings is 1. The number of hydrogen-bond donors (Lipinski definition) is 1. The quantitative estimate of drug-likeness (QED) is 0.255. The lowest BCUT2D eigenvalue weighted by molar-refractivity contribution is -0.125. The van der Waals surface area contributed by atoms with Crippen molar-refractivity contribution in [1.82, 2.24) is 29.6 Å². The van der Waals surface area contributed by atoms with Gasteiger partial charge in [0.2, 0.25) is 5.88 Å². The number of rotatable bonds is 9. The summed E-state index contributed by atoms with van der Waals surface area (Å²) in [4.78, 5) is 27.9. The Morgan fingerprint density at radius 3 is 2.57 bits per heavy atom. The van der Waals surface area contributed by atoms with Crippen LogP contribution in [0.15, 0.2) is 49.1 Å². The number of carbonyl (C=O) groups is 1. The van der Waals surface area contributed by atoms with Crippen LogP contribution in [-0.2, 0) is 9.22 Å². The van der Waals surface area contributed by atoms with Gasteiger partial charge in [-0.1, -0.05) is 38.4 Å². The van der Waals surface area contributed by atoms with Gasteiger partial charge in [-0.25, -0.2) is 28.4 Å². The molecule has 10 nitrogen and oxygen atoms in total. The van der Waals surface area contributed by atoms with Crippen LogP contribution in [0.5, 0.6) is 5.88 Å². The van der Waals surface area contributed by atoms with Gasteiger partial charge in [-0.15, -0.1) is 0 Å². The predicted octanol–water partition coefficient (Wildman–Crippen LogP) is 5.23. The fraction of sp³-hybridized carbons (Fsp3) is 0.393. The molecule has 1 aliphatic heterocycles. The second-order valence-corrected chi connectivity index (χ2v) is 16.9. The number of nitrogens with one attached hydrogen (secondary N) is 1. The minimum Gasteiger partial charge on any atom is -0.462 e. The number of fused-ring (bicyclic) bond motifs is 1. The van der Waals surface area contributed by atoms with Crippen LogP contribution in [0.3, 0.4) is 0 Å². The molecule has 4 heterocycles. The molecule has 1 aliphatic rings. The Bertz CT molecular complexity index is 1570. The van der Waals surface area contributed by atoms with E-state index < -0.39 is 32.0 Å². The van der Waals surface area contributed by atoms with E-state index in [0.717, 1.165) is 6.20 Å². The van der Waals surface area contributed by atoms with Gasteiger partial charge in [0.1, 0.15) is 34.9 Å². The van der Waals surface area contributed by atoms with Gasteiger partial charge in [0, 0.05) is 19.6 Å². The Balaban J connectivity index is 1.38. The molecule has 0 radical (unpaired) electrons. The SMILES string of the molecule is CC(C)(C)[Si](C)(C)OC1CN(CC(Oc2ncnc3c2cnn3-c2c(F)cccc2Cl)C(=O)Nc2ccc(F)cn2)C1. The zero-order chi connectivity index (χ0) is 30.2. The molecule has 3 aromatic heterocycles. The van der Waals surface area contributed by atoms with Crippen molar-refractivity contribution >= 4 is 42.7 Å². The molecule has 1 unspecified atom stereocenters. The molecule has 222 valence electrons. The summed E-state index contributed by atoms with van der Waals surface area (Å²) in [6.07, 6.45) is 2.71. The van der Waals surface area contributed by atoms with E-state index in [9.17, 15) is 13.6 Å². The van der Waals surface area contributed by atoms with Gasteiger partial charge in [-0.05, 0) is 42.4 Å². The molecule has 5 rings (SSSR count). The molecule has 1 saturated heterocycles. The van der Waals surface area contributed by atoms with Crippen molar-refractivity contribution in [2.45, 2.75) is 51.1 Å². The first-order valence-electron chi connectivity index (χ1n) is 13.4. The van der Waals surface area contributed by atoms with Crippen molar-refractivity contribution in [3.8, 4) is 11.6 Å². The monoisotopic (exact) mass is 615 g/mol. The van der Waals surface area contributed by atoms with Crippen LogP contribution in [0, 0.1) is 11.6 Å². The molecule has 0 bridgehead atoms. The minimum absolute atomic E-state index is 0.0313. The second-order valence-electron chi connectivity index (χ2n) is 11.7. The van der Waals surface area contributed by atoms with Crippen LogP contribution in [0.2, 0.25) is 23.2 Å². The smallest absolute Gasteiger partial charge is 0.268 e. The zero-order valence-corrected chi connectivity index (χ0v) is 25.7. The number of benzene rings is 1. The van der Waals surface area contributed by atoms with Crippen molar-refractivity contribution in [3.63, 3.8) is 0 Å². The summed E-state index contributed by atoms with van der Waals surface area (Å²) in [6.45, 7) is 12.5. The fourth-order valence-electron chi connectivity index (χ4n) is 4.31. The Morgan fingerprint density at radius 1 is 1.14 bits per heavy atom. The number of anilines is 1. The van der Waals surface area contributed by atoms with Crippen molar-refractivity contribution in [2.75, 3.05) is 25.0 Å². The first-order valence-corrected chi connectivity index (χ1v) is 16.7. The molecular weight excluding hydrogens is 584 g/mol. The van der Waals surface area contributed by atoms with Gasteiger partial charge >= 0.3 is 0 Å². The molecule has 0 saturated carbocycles. The number of para-hydroxylation sites is 1. The van der Waals surface area contributed by atoms with Gasteiger partial charge in [-0.3, -0.25) is 9.69 Å². The first kappa shape index (κ1) is 30.0. The van der Waals surface area contributed by atoms with Crippen molar-refractivity contribution < 1.29 is 22.7 Å². The maximum atomic E-state index is 14.7. The number of nitrogens with zero attached hydrogens (tertiary/aromatic N) is 6. The van der Waals surface area contributed by atoms with E-state index in [2.05, 4.69) is 64.1 Å². The van der Waals surface area contributed by atoms with Crippen LogP contribution < -0.4 is 10.1 Å². The van der Waals surface area contributed by atoms with E-state index in [4.69, 9.17) is 20.8 Å². The molecule has 14 heteroatoms. The number of halogens is 3. The van der Waals surface area contributed by atoms with E-state index in [-0.39, 0.29) is 45.7 Å². The molecule has 4 aromatic rings. The maximum absolute atomic E-state index is 14.7. The van der Waals surface area contributed by atoms with Crippen LogP contribution in [-0.4, -0.2) is 75.7 Å². The first-order chi connectivity index (χ1) is 19.8. The summed E-state index contributed by atoms with van der Waals surface area (Å²) >= 11 is 6.26. The normalized spacial score (nSPS) is 15.4. The van der Waals surface area contributed by atoms with E-state index in [0.29, 0.717) is 18.5 Å². The summed E-state index contributed by atoms with van der Waals surface area (Å²) < 4.78 is 42.0. The molecular formula is C28H32ClF2N7O3Si. The average Bonchev–Trinajstić information content (AvgIpc) is 3.32. The van der Waals surface area contributed by atoms with Crippen molar-refractivity contribution in [2.24, 2.45) is 0 Å².